The number of piperidine rings is 1. The molecule has 4 heteroatoms. The zero-order valence-corrected chi connectivity index (χ0v) is 10.4. The van der Waals surface area contributed by atoms with Crippen LogP contribution < -0.4 is 5.32 Å². The third-order valence-corrected chi connectivity index (χ3v) is 3.81. The second kappa shape index (κ2) is 5.35. The lowest BCUT2D eigenvalue weighted by Gasteiger charge is -2.27. The molecule has 1 N–H and O–H groups in total. The fraction of sp³-hybridized carbons (Fsp3) is 0.500. The van der Waals surface area contributed by atoms with Crippen LogP contribution in [0.15, 0.2) is 18.2 Å². The second-order valence-corrected chi connectivity index (χ2v) is 4.89. The minimum absolute atomic E-state index is 0.135. The fourth-order valence-corrected chi connectivity index (χ4v) is 2.49. The molecule has 1 aliphatic heterocycles. The summed E-state index contributed by atoms with van der Waals surface area (Å²) >= 11 is 11.9. The third-order valence-electron chi connectivity index (χ3n) is 2.98. The number of benzene rings is 1. The van der Waals surface area contributed by atoms with Gasteiger partial charge >= 0.3 is 0 Å². The molecule has 1 saturated heterocycles. The van der Waals surface area contributed by atoms with Gasteiger partial charge in [-0.25, -0.2) is 4.39 Å². The summed E-state index contributed by atoms with van der Waals surface area (Å²) in [4.78, 5) is 0. The molecule has 1 nitrogen and oxygen atoms in total. The van der Waals surface area contributed by atoms with Crippen molar-refractivity contribution in [1.82, 2.24) is 5.32 Å². The van der Waals surface area contributed by atoms with Gasteiger partial charge in [-0.1, -0.05) is 41.8 Å². The van der Waals surface area contributed by atoms with Crippen LogP contribution in [0.4, 0.5) is 4.39 Å². The van der Waals surface area contributed by atoms with Crippen molar-refractivity contribution in [3.05, 3.63) is 33.8 Å². The number of nitrogens with one attached hydrogen (secondary N) is 1. The van der Waals surface area contributed by atoms with E-state index in [0.717, 1.165) is 25.8 Å². The standard InChI is InChI=1S/C12H14Cl2FN/c13-9-5-3-4-8(11(9)14)12(15)10-6-1-2-7-16-10/h3-5,10,12,16H,1-2,6-7H2. The Balaban J connectivity index is 2.19. The van der Waals surface area contributed by atoms with E-state index in [-0.39, 0.29) is 6.04 Å². The van der Waals surface area contributed by atoms with Crippen LogP contribution in [0.3, 0.4) is 0 Å². The molecule has 1 fully saturated rings. The molecule has 1 aromatic rings. The van der Waals surface area contributed by atoms with Crippen LogP contribution in [-0.4, -0.2) is 12.6 Å². The summed E-state index contributed by atoms with van der Waals surface area (Å²) in [5, 5.41) is 3.94. The van der Waals surface area contributed by atoms with E-state index in [1.165, 1.54) is 0 Å². The van der Waals surface area contributed by atoms with E-state index in [9.17, 15) is 4.39 Å². The number of alkyl halides is 1. The molecule has 0 saturated carbocycles. The van der Waals surface area contributed by atoms with Crippen LogP contribution in [0, 0.1) is 0 Å². The van der Waals surface area contributed by atoms with Gasteiger partial charge in [-0.05, 0) is 25.5 Å². The molecule has 1 aromatic carbocycles. The number of hydrogen-bond donors (Lipinski definition) is 1. The molecule has 88 valence electrons. The summed E-state index contributed by atoms with van der Waals surface area (Å²) in [6, 6.07) is 4.98. The van der Waals surface area contributed by atoms with Gasteiger partial charge in [0.15, 0.2) is 0 Å². The van der Waals surface area contributed by atoms with Gasteiger partial charge in [0.25, 0.3) is 0 Å². The van der Waals surface area contributed by atoms with Crippen LogP contribution in [0.25, 0.3) is 0 Å². The Kier molecular flexibility index (Phi) is 4.06. The van der Waals surface area contributed by atoms with E-state index in [1.54, 1.807) is 18.2 Å². The van der Waals surface area contributed by atoms with Crippen LogP contribution >= 0.6 is 23.2 Å². The molecule has 0 aliphatic carbocycles. The van der Waals surface area contributed by atoms with Gasteiger partial charge in [0.05, 0.1) is 10.0 Å². The van der Waals surface area contributed by atoms with Gasteiger partial charge in [0.2, 0.25) is 0 Å². The average molecular weight is 262 g/mol. The zero-order valence-electron chi connectivity index (χ0n) is 8.85. The van der Waals surface area contributed by atoms with Gasteiger partial charge in [-0.3, -0.25) is 0 Å². The van der Waals surface area contributed by atoms with Crippen LogP contribution in [0.1, 0.15) is 31.0 Å². The smallest absolute Gasteiger partial charge is 0.142 e. The molecule has 0 radical (unpaired) electrons. The molecule has 2 rings (SSSR count). The largest absolute Gasteiger partial charge is 0.311 e. The van der Waals surface area contributed by atoms with Crippen LogP contribution in [0.2, 0.25) is 10.0 Å². The van der Waals surface area contributed by atoms with Gasteiger partial charge < -0.3 is 5.32 Å². The van der Waals surface area contributed by atoms with Crippen molar-refractivity contribution in [2.24, 2.45) is 0 Å². The molecule has 0 spiro atoms. The van der Waals surface area contributed by atoms with E-state index in [2.05, 4.69) is 5.32 Å². The highest BCUT2D eigenvalue weighted by Gasteiger charge is 2.26. The lowest BCUT2D eigenvalue weighted by molar-refractivity contribution is 0.221. The lowest BCUT2D eigenvalue weighted by atomic mass is 9.96. The predicted molar refractivity (Wildman–Crippen MR) is 66.0 cm³/mol. The normalized spacial score (nSPS) is 23.1. The first-order valence-corrected chi connectivity index (χ1v) is 6.27. The number of rotatable bonds is 2. The fourth-order valence-electron chi connectivity index (χ4n) is 2.08. The highest BCUT2D eigenvalue weighted by molar-refractivity contribution is 6.42. The molecule has 1 aliphatic rings. The van der Waals surface area contributed by atoms with Crippen molar-refractivity contribution < 1.29 is 4.39 Å². The van der Waals surface area contributed by atoms with Crippen LogP contribution in [-0.2, 0) is 0 Å². The minimum Gasteiger partial charge on any atom is -0.311 e. The van der Waals surface area contributed by atoms with Crippen molar-refractivity contribution in [3.63, 3.8) is 0 Å². The molecule has 1 heterocycles. The molecule has 2 atom stereocenters. The summed E-state index contributed by atoms with van der Waals surface area (Å²) in [6.45, 7) is 0.878. The first-order chi connectivity index (χ1) is 7.70. The maximum atomic E-state index is 14.3. The third kappa shape index (κ3) is 2.50. The Morgan fingerprint density at radius 2 is 2.12 bits per heavy atom. The predicted octanol–water partition coefficient (Wildman–Crippen LogP) is 4.15. The van der Waals surface area contributed by atoms with Crippen molar-refractivity contribution in [3.8, 4) is 0 Å². The summed E-state index contributed by atoms with van der Waals surface area (Å²) in [5.41, 5.74) is 0.494. The summed E-state index contributed by atoms with van der Waals surface area (Å²) in [5.74, 6) is 0. The summed E-state index contributed by atoms with van der Waals surface area (Å²) in [6.07, 6.45) is 1.96. The topological polar surface area (TPSA) is 12.0 Å². The van der Waals surface area contributed by atoms with Gasteiger partial charge in [0.1, 0.15) is 6.17 Å². The lowest BCUT2D eigenvalue weighted by Crippen LogP contribution is -2.37. The SMILES string of the molecule is FC(c1cccc(Cl)c1Cl)C1CCCCN1. The van der Waals surface area contributed by atoms with Crippen molar-refractivity contribution in [1.29, 1.82) is 0 Å². The Morgan fingerprint density at radius 3 is 2.81 bits per heavy atom. The van der Waals surface area contributed by atoms with Gasteiger partial charge in [0, 0.05) is 11.6 Å². The first-order valence-electron chi connectivity index (χ1n) is 5.51. The number of hydrogen-bond acceptors (Lipinski definition) is 1. The molecular formula is C12H14Cl2FN. The zero-order chi connectivity index (χ0) is 11.5. The maximum Gasteiger partial charge on any atom is 0.142 e. The van der Waals surface area contributed by atoms with E-state index in [4.69, 9.17) is 23.2 Å². The Hall–Kier alpha value is -0.310. The molecule has 0 bridgehead atoms. The quantitative estimate of drug-likeness (QED) is 0.844. The van der Waals surface area contributed by atoms with E-state index in [0.29, 0.717) is 15.6 Å². The van der Waals surface area contributed by atoms with Crippen LogP contribution in [0.5, 0.6) is 0 Å². The Morgan fingerprint density at radius 1 is 1.31 bits per heavy atom. The molecule has 0 aromatic heterocycles. The summed E-state index contributed by atoms with van der Waals surface area (Å²) in [7, 11) is 0. The molecular weight excluding hydrogens is 248 g/mol. The van der Waals surface area contributed by atoms with Gasteiger partial charge in [-0.15, -0.1) is 0 Å². The Bertz CT molecular complexity index is 364. The molecule has 2 unspecified atom stereocenters. The second-order valence-electron chi connectivity index (χ2n) is 4.10. The van der Waals surface area contributed by atoms with E-state index in [1.807, 2.05) is 0 Å². The van der Waals surface area contributed by atoms with E-state index >= 15 is 0 Å². The maximum absolute atomic E-state index is 14.3. The van der Waals surface area contributed by atoms with Crippen molar-refractivity contribution in [2.45, 2.75) is 31.5 Å². The van der Waals surface area contributed by atoms with Gasteiger partial charge in [-0.2, -0.15) is 0 Å². The summed E-state index contributed by atoms with van der Waals surface area (Å²) < 4.78 is 14.3. The number of halogens is 3. The highest BCUT2D eigenvalue weighted by Crippen LogP contribution is 2.35. The molecule has 0 amide bonds. The highest BCUT2D eigenvalue weighted by atomic mass is 35.5. The first kappa shape index (κ1) is 12.2. The van der Waals surface area contributed by atoms with Crippen molar-refractivity contribution >= 4 is 23.2 Å². The average Bonchev–Trinajstić information content (AvgIpc) is 2.33. The van der Waals surface area contributed by atoms with E-state index < -0.39 is 6.17 Å². The minimum atomic E-state index is -1.08. The van der Waals surface area contributed by atoms with Crippen molar-refractivity contribution in [2.75, 3.05) is 6.54 Å². The Labute approximate surface area is 105 Å². The molecule has 16 heavy (non-hydrogen) atoms. The monoisotopic (exact) mass is 261 g/mol.